The first kappa shape index (κ1) is 28.1. The van der Waals surface area contributed by atoms with Gasteiger partial charge in [-0.2, -0.15) is 0 Å². The number of benzene rings is 1. The minimum Gasteiger partial charge on any atom is -0.394 e. The summed E-state index contributed by atoms with van der Waals surface area (Å²) in [6, 6.07) is 0.327. The van der Waals surface area contributed by atoms with E-state index in [1.165, 1.54) is 12.5 Å². The number of ether oxygens (including phenoxy) is 1. The van der Waals surface area contributed by atoms with E-state index >= 15 is 0 Å². The molecule has 2 aromatic heterocycles. The summed E-state index contributed by atoms with van der Waals surface area (Å²) < 4.78 is 53.1. The lowest BCUT2D eigenvalue weighted by Gasteiger charge is -2.45. The molecule has 1 saturated heterocycles. The van der Waals surface area contributed by atoms with Crippen molar-refractivity contribution in [1.82, 2.24) is 20.2 Å². The molecule has 6 atom stereocenters. The number of hydrogen-bond acceptors (Lipinski definition) is 10. The molecule has 1 aliphatic carbocycles. The van der Waals surface area contributed by atoms with Crippen LogP contribution in [0.25, 0.3) is 11.3 Å². The normalized spacial score (nSPS) is 27.9. The monoisotopic (exact) mass is 570 g/mol. The minimum atomic E-state index is -1.62. The van der Waals surface area contributed by atoms with Gasteiger partial charge in [0.1, 0.15) is 47.4 Å². The van der Waals surface area contributed by atoms with Gasteiger partial charge in [0.25, 0.3) is 0 Å². The Labute approximate surface area is 225 Å². The van der Waals surface area contributed by atoms with E-state index in [4.69, 9.17) is 9.26 Å². The fraction of sp³-hybridized carbons (Fsp3) is 0.560. The summed E-state index contributed by atoms with van der Waals surface area (Å²) in [7, 11) is 0. The predicted molar refractivity (Wildman–Crippen MR) is 132 cm³/mol. The van der Waals surface area contributed by atoms with Crippen LogP contribution in [0, 0.1) is 24.4 Å². The van der Waals surface area contributed by atoms with Crippen LogP contribution in [-0.4, -0.2) is 76.5 Å². The Hall–Kier alpha value is -2.49. The average Bonchev–Trinajstić information content (AvgIpc) is 3.56. The zero-order chi connectivity index (χ0) is 27.9. The Bertz CT molecular complexity index is 1280. The Morgan fingerprint density at radius 2 is 1.82 bits per heavy atom. The molecule has 1 aliphatic heterocycles. The number of aryl methyl sites for hydroxylation is 1. The lowest BCUT2D eigenvalue weighted by molar-refractivity contribution is -0.179. The number of halogens is 3. The third-order valence-electron chi connectivity index (χ3n) is 7.45. The van der Waals surface area contributed by atoms with Crippen LogP contribution in [0.5, 0.6) is 0 Å². The molecule has 0 bridgehead atoms. The van der Waals surface area contributed by atoms with Crippen molar-refractivity contribution < 1.29 is 42.9 Å². The van der Waals surface area contributed by atoms with Gasteiger partial charge in [0.05, 0.1) is 23.7 Å². The van der Waals surface area contributed by atoms with Crippen LogP contribution < -0.4 is 0 Å². The summed E-state index contributed by atoms with van der Waals surface area (Å²) in [6.07, 6.45) is 2.33. The Balaban J connectivity index is 1.46. The molecule has 0 radical (unpaired) electrons. The highest BCUT2D eigenvalue weighted by atomic mass is 32.2. The van der Waals surface area contributed by atoms with Gasteiger partial charge in [0.2, 0.25) is 0 Å². The molecule has 10 nitrogen and oxygen atoms in total. The number of aliphatic hydroxyl groups is 4. The molecule has 1 aromatic carbocycles. The number of aromatic nitrogens is 4. The second-order valence-electron chi connectivity index (χ2n) is 10.1. The molecule has 3 heterocycles. The van der Waals surface area contributed by atoms with Gasteiger partial charge in [-0.15, -0.1) is 16.9 Å². The summed E-state index contributed by atoms with van der Waals surface area (Å²) in [5.41, 5.74) is -1.13. The van der Waals surface area contributed by atoms with Gasteiger partial charge in [0, 0.05) is 11.1 Å². The molecule has 5 rings (SSSR count). The maximum atomic E-state index is 13.8. The lowest BCUT2D eigenvalue weighted by atomic mass is 9.81. The maximum absolute atomic E-state index is 13.8. The van der Waals surface area contributed by atoms with Crippen molar-refractivity contribution in [1.29, 1.82) is 0 Å². The van der Waals surface area contributed by atoms with Gasteiger partial charge in [0.15, 0.2) is 17.5 Å². The fourth-order valence-corrected chi connectivity index (χ4v) is 6.95. The molecule has 2 fully saturated rings. The van der Waals surface area contributed by atoms with Crippen LogP contribution in [0.15, 0.2) is 29.1 Å². The predicted octanol–water partition coefficient (Wildman–Crippen LogP) is 2.81. The van der Waals surface area contributed by atoms with E-state index in [2.05, 4.69) is 15.5 Å². The van der Waals surface area contributed by atoms with E-state index in [0.29, 0.717) is 24.1 Å². The highest BCUT2D eigenvalue weighted by molar-refractivity contribution is 8.00. The van der Waals surface area contributed by atoms with Crippen molar-refractivity contribution in [3.05, 3.63) is 53.3 Å². The Morgan fingerprint density at radius 1 is 1.13 bits per heavy atom. The third-order valence-corrected chi connectivity index (χ3v) is 9.05. The molecule has 0 spiro atoms. The SMILES string of the molecule is Cc1conc1[C@H](S[C@@H]1O[C@H](CO)[C@H](O)[C@H](n2cc(-c3cc(F)c(F)c(F)c3)nn2)[C@H]1O)C1(O)CCCCC1. The zero-order valence-electron chi connectivity index (χ0n) is 21.0. The summed E-state index contributed by atoms with van der Waals surface area (Å²) in [6.45, 7) is 1.21. The number of thioether (sulfide) groups is 1. The van der Waals surface area contributed by atoms with Gasteiger partial charge in [-0.25, -0.2) is 17.9 Å². The van der Waals surface area contributed by atoms with Crippen molar-refractivity contribution in [2.75, 3.05) is 6.61 Å². The van der Waals surface area contributed by atoms with Crippen molar-refractivity contribution in [2.24, 2.45) is 0 Å². The van der Waals surface area contributed by atoms with Crippen LogP contribution >= 0.6 is 11.8 Å². The molecule has 4 N–H and O–H groups in total. The van der Waals surface area contributed by atoms with Gasteiger partial charge in [-0.05, 0) is 31.9 Å². The van der Waals surface area contributed by atoms with E-state index in [-0.39, 0.29) is 11.3 Å². The van der Waals surface area contributed by atoms with Gasteiger partial charge < -0.3 is 29.7 Å². The number of aliphatic hydroxyl groups excluding tert-OH is 3. The van der Waals surface area contributed by atoms with Crippen LogP contribution in [0.3, 0.4) is 0 Å². The smallest absolute Gasteiger partial charge is 0.194 e. The van der Waals surface area contributed by atoms with Crippen LogP contribution in [0.4, 0.5) is 13.2 Å². The van der Waals surface area contributed by atoms with E-state index in [1.54, 1.807) is 6.92 Å². The minimum absolute atomic E-state index is 0.0314. The highest BCUT2D eigenvalue weighted by Crippen LogP contribution is 2.50. The second-order valence-corrected chi connectivity index (χ2v) is 11.3. The number of rotatable bonds is 7. The molecule has 3 aromatic rings. The summed E-state index contributed by atoms with van der Waals surface area (Å²) in [5, 5.41) is 55.2. The number of nitrogens with zero attached hydrogens (tertiary/aromatic N) is 4. The fourth-order valence-electron chi connectivity index (χ4n) is 5.31. The average molecular weight is 571 g/mol. The first-order valence-electron chi connectivity index (χ1n) is 12.6. The first-order chi connectivity index (χ1) is 18.6. The van der Waals surface area contributed by atoms with Gasteiger partial charge in [-0.3, -0.25) is 0 Å². The summed E-state index contributed by atoms with van der Waals surface area (Å²) in [5.74, 6) is -4.43. The summed E-state index contributed by atoms with van der Waals surface area (Å²) in [4.78, 5) is 0. The first-order valence-corrected chi connectivity index (χ1v) is 13.5. The van der Waals surface area contributed by atoms with Crippen molar-refractivity contribution in [3.8, 4) is 11.3 Å². The number of hydrogen-bond donors (Lipinski definition) is 4. The van der Waals surface area contributed by atoms with Gasteiger partial charge in [-0.1, -0.05) is 29.6 Å². The molecule has 39 heavy (non-hydrogen) atoms. The topological polar surface area (TPSA) is 147 Å². The second kappa shape index (κ2) is 11.2. The summed E-state index contributed by atoms with van der Waals surface area (Å²) >= 11 is 1.11. The molecule has 212 valence electrons. The molecule has 14 heteroatoms. The molecule has 2 aliphatic rings. The van der Waals surface area contributed by atoms with Crippen LogP contribution in [0.1, 0.15) is 54.7 Å². The maximum Gasteiger partial charge on any atom is 0.194 e. The van der Waals surface area contributed by atoms with E-state index in [9.17, 15) is 33.6 Å². The van der Waals surface area contributed by atoms with E-state index in [1.807, 2.05) is 0 Å². The highest BCUT2D eigenvalue weighted by Gasteiger charge is 2.50. The zero-order valence-corrected chi connectivity index (χ0v) is 21.8. The molecule has 0 amide bonds. The standard InChI is InChI=1S/C25H29F3N4O6S/c1-12-11-37-30-19(12)23(25(36)5-3-2-4-6-25)39-24-22(35)20(21(34)17(10-33)38-24)32-9-16(29-31-32)13-7-14(26)18(28)15(27)8-13/h7-9,11,17,20-24,33-36H,2-6,10H2,1H3/t17-,20+,21+,22-,23+,24+/m1/s1. The molecule has 0 unspecified atom stereocenters. The Kier molecular flexibility index (Phi) is 8.04. The quantitative estimate of drug-likeness (QED) is 0.313. The largest absolute Gasteiger partial charge is 0.394 e. The Morgan fingerprint density at radius 3 is 2.44 bits per heavy atom. The van der Waals surface area contributed by atoms with Crippen LogP contribution in [0.2, 0.25) is 0 Å². The molecular formula is C25H29F3N4O6S. The lowest BCUT2D eigenvalue weighted by Crippen LogP contribution is -2.55. The van der Waals surface area contributed by atoms with E-state index in [0.717, 1.165) is 47.8 Å². The molecular weight excluding hydrogens is 541 g/mol. The van der Waals surface area contributed by atoms with Crippen LogP contribution in [-0.2, 0) is 4.74 Å². The van der Waals surface area contributed by atoms with Crippen molar-refractivity contribution in [3.63, 3.8) is 0 Å². The third kappa shape index (κ3) is 5.33. The van der Waals surface area contributed by atoms with Crippen molar-refractivity contribution >= 4 is 11.8 Å². The van der Waals surface area contributed by atoms with E-state index < -0.39 is 64.7 Å². The molecule has 1 saturated carbocycles. The van der Waals surface area contributed by atoms with Gasteiger partial charge >= 0.3 is 0 Å². The van der Waals surface area contributed by atoms with Crippen molar-refractivity contribution in [2.45, 2.75) is 79.7 Å².